The fourth-order valence-corrected chi connectivity index (χ4v) is 5.29. The van der Waals surface area contributed by atoms with Gasteiger partial charge in [0.1, 0.15) is 0 Å². The normalized spacial score (nSPS) is 23.6. The molecule has 192 valence electrons. The van der Waals surface area contributed by atoms with E-state index in [9.17, 15) is 15.0 Å². The highest BCUT2D eigenvalue weighted by molar-refractivity contribution is 7.23. The van der Waals surface area contributed by atoms with Crippen LogP contribution in [0, 0.1) is 23.7 Å². The Bertz CT molecular complexity index is 667. The molecule has 0 saturated heterocycles. The lowest BCUT2D eigenvalue weighted by molar-refractivity contribution is -0.141. The van der Waals surface area contributed by atoms with E-state index >= 15 is 0 Å². The summed E-state index contributed by atoms with van der Waals surface area (Å²) >= 11 is 0. The molecule has 0 saturated carbocycles. The fourth-order valence-electron chi connectivity index (χ4n) is 4.79. The quantitative estimate of drug-likeness (QED) is 0.205. The number of allylic oxidation sites excluding steroid dienone is 2. The van der Waals surface area contributed by atoms with Crippen molar-refractivity contribution in [1.29, 1.82) is 0 Å². The smallest absolute Gasteiger partial charge is 0.306 e. The van der Waals surface area contributed by atoms with Crippen LogP contribution >= 0.6 is 9.24 Å². The van der Waals surface area contributed by atoms with Gasteiger partial charge in [0.25, 0.3) is 0 Å². The molecule has 0 fully saturated rings. The topological polar surface area (TPSA) is 77.8 Å². The Morgan fingerprint density at radius 2 is 1.55 bits per heavy atom. The monoisotopic (exact) mass is 482 g/mol. The summed E-state index contributed by atoms with van der Waals surface area (Å²) in [5.74, 6) is 0.479. The summed E-state index contributed by atoms with van der Waals surface area (Å²) in [5.41, 5.74) is 1.91. The highest BCUT2D eigenvalue weighted by Gasteiger charge is 2.23. The van der Waals surface area contributed by atoms with Crippen LogP contribution in [0.4, 0.5) is 0 Å². The number of aliphatic hydroxyl groups excluding tert-OH is 1. The van der Waals surface area contributed by atoms with Crippen molar-refractivity contribution in [3.63, 3.8) is 0 Å². The molecule has 1 rings (SSSR count). The summed E-state index contributed by atoms with van der Waals surface area (Å²) in [6.07, 6.45) is 12.6. The Labute approximate surface area is 205 Å². The first-order chi connectivity index (χ1) is 15.3. The van der Waals surface area contributed by atoms with E-state index in [1.807, 2.05) is 6.92 Å². The number of carboxylic acid groups (broad SMARTS) is 1. The van der Waals surface area contributed by atoms with E-state index in [0.717, 1.165) is 38.5 Å². The molecule has 0 amide bonds. The van der Waals surface area contributed by atoms with Crippen molar-refractivity contribution in [2.45, 2.75) is 124 Å². The maximum Gasteiger partial charge on any atom is 0.306 e. The van der Waals surface area contributed by atoms with E-state index in [2.05, 4.69) is 43.0 Å². The highest BCUT2D eigenvalue weighted by atomic mass is 31.0. The molecule has 33 heavy (non-hydrogen) atoms. The van der Waals surface area contributed by atoms with Crippen molar-refractivity contribution < 1.29 is 20.1 Å². The highest BCUT2D eigenvalue weighted by Crippen LogP contribution is 2.36. The molecule has 0 spiro atoms. The molecular weight excluding hydrogens is 431 g/mol. The van der Waals surface area contributed by atoms with Crippen LogP contribution in [-0.2, 0) is 4.79 Å². The molecule has 0 heterocycles. The number of aliphatic carboxylic acids is 1. The molecule has 0 aromatic carbocycles. The number of carbonyl (C=O) groups is 1. The summed E-state index contributed by atoms with van der Waals surface area (Å²) in [4.78, 5) is 10.9. The lowest BCUT2D eigenvalue weighted by Gasteiger charge is -2.27. The van der Waals surface area contributed by atoms with Crippen LogP contribution in [0.1, 0.15) is 112 Å². The van der Waals surface area contributed by atoms with Crippen molar-refractivity contribution in [1.82, 2.24) is 0 Å². The average molecular weight is 483 g/mol. The Morgan fingerprint density at radius 3 is 2.12 bits per heavy atom. The van der Waals surface area contributed by atoms with Crippen molar-refractivity contribution in [2.75, 3.05) is 0 Å². The first-order valence-electron chi connectivity index (χ1n) is 13.1. The van der Waals surface area contributed by atoms with Crippen LogP contribution in [0.15, 0.2) is 22.5 Å². The van der Waals surface area contributed by atoms with Crippen LogP contribution in [-0.4, -0.2) is 33.0 Å². The second-order valence-corrected chi connectivity index (χ2v) is 11.8. The molecule has 3 N–H and O–H groups in total. The molecule has 7 atom stereocenters. The summed E-state index contributed by atoms with van der Waals surface area (Å²) in [5, 5.41) is 31.1. The Morgan fingerprint density at radius 1 is 1.03 bits per heavy atom. The van der Waals surface area contributed by atoms with Crippen molar-refractivity contribution in [3.8, 4) is 0 Å². The van der Waals surface area contributed by atoms with Gasteiger partial charge in [-0.1, -0.05) is 71.4 Å². The number of hydrogen-bond acceptors (Lipinski definition) is 3. The van der Waals surface area contributed by atoms with Crippen LogP contribution in [0.25, 0.3) is 0 Å². The second-order valence-electron chi connectivity index (χ2n) is 11.3. The Balaban J connectivity index is 2.20. The first-order valence-corrected chi connectivity index (χ1v) is 13.7. The maximum absolute atomic E-state index is 10.9. The first kappa shape index (κ1) is 30.3. The van der Waals surface area contributed by atoms with Crippen molar-refractivity contribution in [3.05, 3.63) is 22.5 Å². The van der Waals surface area contributed by atoms with E-state index < -0.39 is 11.6 Å². The third-order valence-electron chi connectivity index (χ3n) is 7.82. The minimum Gasteiger partial charge on any atom is -0.481 e. The Kier molecular flexibility index (Phi) is 13.5. The summed E-state index contributed by atoms with van der Waals surface area (Å²) in [6.45, 7) is 12.5. The van der Waals surface area contributed by atoms with Crippen LogP contribution < -0.4 is 0 Å². The van der Waals surface area contributed by atoms with Gasteiger partial charge in [-0.3, -0.25) is 4.79 Å². The van der Waals surface area contributed by atoms with Gasteiger partial charge in [0.15, 0.2) is 0 Å². The standard InChI is InChI=1S/C28H51O4P/c1-19(12-8-16-28(6,32)17-9-13-21(3)27(30)31)10-7-11-20(2)14-15-24-18-25(29)22(4)23(5)26(24)33/h18-22,25,29,32H,7-17,33H2,1-6H3,(H,30,31). The average Bonchev–Trinajstić information content (AvgIpc) is 2.73. The van der Waals surface area contributed by atoms with Crippen molar-refractivity contribution in [2.24, 2.45) is 23.7 Å². The van der Waals surface area contributed by atoms with Crippen LogP contribution in [0.3, 0.4) is 0 Å². The minimum atomic E-state index is -0.752. The van der Waals surface area contributed by atoms with Gasteiger partial charge in [-0.15, -0.1) is 9.24 Å². The number of rotatable bonds is 16. The minimum absolute atomic E-state index is 0.212. The zero-order valence-electron chi connectivity index (χ0n) is 22.1. The molecule has 0 aromatic heterocycles. The van der Waals surface area contributed by atoms with Gasteiger partial charge in [0.2, 0.25) is 0 Å². The van der Waals surface area contributed by atoms with Crippen molar-refractivity contribution >= 4 is 15.2 Å². The zero-order chi connectivity index (χ0) is 25.2. The van der Waals surface area contributed by atoms with Gasteiger partial charge in [0, 0.05) is 5.92 Å². The fraction of sp³-hybridized carbons (Fsp3) is 0.821. The van der Waals surface area contributed by atoms with Crippen LogP contribution in [0.5, 0.6) is 0 Å². The predicted octanol–water partition coefficient (Wildman–Crippen LogP) is 7.11. The van der Waals surface area contributed by atoms with E-state index in [1.54, 1.807) is 6.92 Å². The Hall–Kier alpha value is -0.700. The molecule has 7 unspecified atom stereocenters. The zero-order valence-corrected chi connectivity index (χ0v) is 23.2. The number of hydrogen-bond donors (Lipinski definition) is 3. The number of carboxylic acids is 1. The third-order valence-corrected chi connectivity index (χ3v) is 8.65. The largest absolute Gasteiger partial charge is 0.481 e. The molecule has 1 aliphatic rings. The second kappa shape index (κ2) is 14.6. The van der Waals surface area contributed by atoms with E-state index in [0.29, 0.717) is 24.7 Å². The molecule has 0 bridgehead atoms. The predicted molar refractivity (Wildman–Crippen MR) is 142 cm³/mol. The van der Waals surface area contributed by atoms with Gasteiger partial charge in [-0.05, 0) is 75.1 Å². The molecular formula is C28H51O4P. The molecule has 5 heteroatoms. The van der Waals surface area contributed by atoms with Gasteiger partial charge >= 0.3 is 5.97 Å². The molecule has 0 radical (unpaired) electrons. The van der Waals surface area contributed by atoms with Crippen LogP contribution in [0.2, 0.25) is 0 Å². The molecule has 1 aliphatic carbocycles. The van der Waals surface area contributed by atoms with Gasteiger partial charge < -0.3 is 15.3 Å². The lowest BCUT2D eigenvalue weighted by Crippen LogP contribution is -2.24. The van der Waals surface area contributed by atoms with Gasteiger partial charge in [0.05, 0.1) is 17.6 Å². The van der Waals surface area contributed by atoms with Gasteiger partial charge in [-0.2, -0.15) is 0 Å². The maximum atomic E-state index is 10.9. The summed E-state index contributed by atoms with van der Waals surface area (Å²) < 4.78 is 0. The van der Waals surface area contributed by atoms with Gasteiger partial charge in [-0.25, -0.2) is 0 Å². The third kappa shape index (κ3) is 11.5. The lowest BCUT2D eigenvalue weighted by atomic mass is 9.85. The molecule has 0 aliphatic heterocycles. The van der Waals surface area contributed by atoms with E-state index in [4.69, 9.17) is 5.11 Å². The number of aliphatic hydroxyl groups is 2. The van der Waals surface area contributed by atoms with E-state index in [1.165, 1.54) is 35.7 Å². The summed E-state index contributed by atoms with van der Waals surface area (Å²) in [7, 11) is 2.88. The molecule has 4 nitrogen and oxygen atoms in total. The summed E-state index contributed by atoms with van der Waals surface area (Å²) in [6, 6.07) is 0. The van der Waals surface area contributed by atoms with E-state index in [-0.39, 0.29) is 17.9 Å². The SMILES string of the molecule is CC1=C(P)C(CCC(C)CCCC(C)CCCC(C)(O)CCCC(C)C(=O)O)=CC(O)C1C. The molecule has 0 aromatic rings.